The summed E-state index contributed by atoms with van der Waals surface area (Å²) in [6.07, 6.45) is 3.77. The van der Waals surface area contributed by atoms with Gasteiger partial charge in [-0.3, -0.25) is 9.69 Å². The van der Waals surface area contributed by atoms with E-state index in [-0.39, 0.29) is 12.0 Å². The highest BCUT2D eigenvalue weighted by atomic mass is 16.5. The van der Waals surface area contributed by atoms with Gasteiger partial charge in [0.25, 0.3) is 0 Å². The number of carbonyl (C=O) groups is 1. The minimum Gasteiger partial charge on any atom is -0.468 e. The molecule has 5 nitrogen and oxygen atoms in total. The Balaban J connectivity index is 2.01. The van der Waals surface area contributed by atoms with Crippen molar-refractivity contribution >= 4 is 11.8 Å². The molecule has 1 aromatic rings. The van der Waals surface area contributed by atoms with Crippen LogP contribution in [0.3, 0.4) is 0 Å². The molecule has 1 saturated heterocycles. The third-order valence-corrected chi connectivity index (χ3v) is 3.30. The van der Waals surface area contributed by atoms with Gasteiger partial charge in [-0.1, -0.05) is 6.07 Å². The Labute approximate surface area is 107 Å². The summed E-state index contributed by atoms with van der Waals surface area (Å²) in [5.74, 6) is 0.719. The smallest absolute Gasteiger partial charge is 0.323 e. The number of aromatic nitrogens is 1. The van der Waals surface area contributed by atoms with Crippen LogP contribution in [0.15, 0.2) is 18.3 Å². The number of pyridine rings is 1. The average molecular weight is 249 g/mol. The van der Waals surface area contributed by atoms with Crippen molar-refractivity contribution in [3.8, 4) is 0 Å². The largest absolute Gasteiger partial charge is 0.468 e. The third kappa shape index (κ3) is 2.79. The van der Waals surface area contributed by atoms with E-state index in [1.54, 1.807) is 0 Å². The molecular weight excluding hydrogens is 230 g/mol. The van der Waals surface area contributed by atoms with Gasteiger partial charge in [-0.05, 0) is 31.0 Å². The van der Waals surface area contributed by atoms with Crippen LogP contribution in [-0.4, -0.2) is 42.6 Å². The molecule has 2 rings (SSSR count). The van der Waals surface area contributed by atoms with Crippen LogP contribution in [0.1, 0.15) is 18.4 Å². The molecule has 0 bridgehead atoms. The molecule has 0 radical (unpaired) electrons. The van der Waals surface area contributed by atoms with Gasteiger partial charge in [0.2, 0.25) is 0 Å². The lowest BCUT2D eigenvalue weighted by Crippen LogP contribution is -2.36. The molecule has 0 aromatic carbocycles. The summed E-state index contributed by atoms with van der Waals surface area (Å²) in [6.45, 7) is 1.68. The average Bonchev–Trinajstić information content (AvgIpc) is 2.87. The number of rotatable bonds is 4. The van der Waals surface area contributed by atoms with Gasteiger partial charge in [-0.25, -0.2) is 4.98 Å². The molecule has 5 heteroatoms. The van der Waals surface area contributed by atoms with Gasteiger partial charge in [0, 0.05) is 19.8 Å². The van der Waals surface area contributed by atoms with Crippen molar-refractivity contribution in [3.05, 3.63) is 23.9 Å². The summed E-state index contributed by atoms with van der Waals surface area (Å²) < 4.78 is 4.83. The number of nitrogens with zero attached hydrogens (tertiary/aromatic N) is 2. The van der Waals surface area contributed by atoms with Crippen LogP contribution >= 0.6 is 0 Å². The number of hydrogen-bond acceptors (Lipinski definition) is 5. The molecule has 1 unspecified atom stereocenters. The molecule has 18 heavy (non-hydrogen) atoms. The molecule has 1 aliphatic heterocycles. The number of nitrogens with one attached hydrogen (secondary N) is 1. The molecule has 2 heterocycles. The van der Waals surface area contributed by atoms with E-state index in [2.05, 4.69) is 15.2 Å². The normalized spacial score (nSPS) is 19.8. The molecule has 0 amide bonds. The Morgan fingerprint density at radius 3 is 3.06 bits per heavy atom. The van der Waals surface area contributed by atoms with Crippen molar-refractivity contribution in [1.82, 2.24) is 9.88 Å². The van der Waals surface area contributed by atoms with Crippen LogP contribution < -0.4 is 5.32 Å². The van der Waals surface area contributed by atoms with Crippen molar-refractivity contribution in [2.75, 3.05) is 26.0 Å². The molecule has 1 N–H and O–H groups in total. The number of hydrogen-bond donors (Lipinski definition) is 1. The molecule has 0 saturated carbocycles. The summed E-state index contributed by atoms with van der Waals surface area (Å²) in [5.41, 5.74) is 1.12. The van der Waals surface area contributed by atoms with E-state index in [4.69, 9.17) is 4.74 Å². The molecule has 98 valence electrons. The molecule has 1 aromatic heterocycles. The monoisotopic (exact) mass is 249 g/mol. The van der Waals surface area contributed by atoms with Crippen LogP contribution in [0.25, 0.3) is 0 Å². The molecule has 1 atom stereocenters. The lowest BCUT2D eigenvalue weighted by atomic mass is 10.2. The van der Waals surface area contributed by atoms with Crippen molar-refractivity contribution in [1.29, 1.82) is 0 Å². The van der Waals surface area contributed by atoms with E-state index < -0.39 is 0 Å². The molecular formula is C13H19N3O2. The molecule has 0 aliphatic carbocycles. The predicted octanol–water partition coefficient (Wildman–Crippen LogP) is 1.26. The van der Waals surface area contributed by atoms with E-state index >= 15 is 0 Å². The highest BCUT2D eigenvalue weighted by Crippen LogP contribution is 2.21. The van der Waals surface area contributed by atoms with Crippen LogP contribution in [0.4, 0.5) is 5.82 Å². The van der Waals surface area contributed by atoms with Crippen molar-refractivity contribution in [2.45, 2.75) is 25.4 Å². The zero-order chi connectivity index (χ0) is 13.0. The Hall–Kier alpha value is -1.62. The molecule has 0 spiro atoms. The number of esters is 1. The second-order valence-electron chi connectivity index (χ2n) is 4.45. The first-order chi connectivity index (χ1) is 8.74. The minimum atomic E-state index is -0.132. The highest BCUT2D eigenvalue weighted by Gasteiger charge is 2.31. The summed E-state index contributed by atoms with van der Waals surface area (Å²) in [7, 11) is 3.29. The van der Waals surface area contributed by atoms with Crippen LogP contribution in [0.2, 0.25) is 0 Å². The summed E-state index contributed by atoms with van der Waals surface area (Å²) in [5, 5.41) is 2.99. The fourth-order valence-electron chi connectivity index (χ4n) is 2.32. The first-order valence-electron chi connectivity index (χ1n) is 6.19. The van der Waals surface area contributed by atoms with Gasteiger partial charge in [0.15, 0.2) is 0 Å². The van der Waals surface area contributed by atoms with E-state index in [0.717, 1.165) is 37.3 Å². The van der Waals surface area contributed by atoms with E-state index in [0.29, 0.717) is 0 Å². The maximum Gasteiger partial charge on any atom is 0.323 e. The van der Waals surface area contributed by atoms with Crippen molar-refractivity contribution < 1.29 is 9.53 Å². The lowest BCUT2D eigenvalue weighted by molar-refractivity contribution is -0.146. The van der Waals surface area contributed by atoms with Gasteiger partial charge in [0.1, 0.15) is 11.9 Å². The predicted molar refractivity (Wildman–Crippen MR) is 69.2 cm³/mol. The van der Waals surface area contributed by atoms with Crippen molar-refractivity contribution in [3.63, 3.8) is 0 Å². The maximum absolute atomic E-state index is 11.6. The first-order valence-corrected chi connectivity index (χ1v) is 6.19. The SMILES string of the molecule is CNc1ccc(CN2CCCC2C(=O)OC)cn1. The molecule has 1 aliphatic rings. The van der Waals surface area contributed by atoms with Gasteiger partial charge in [-0.2, -0.15) is 0 Å². The zero-order valence-corrected chi connectivity index (χ0v) is 10.8. The maximum atomic E-state index is 11.6. The summed E-state index contributed by atoms with van der Waals surface area (Å²) >= 11 is 0. The Morgan fingerprint density at radius 1 is 1.61 bits per heavy atom. The van der Waals surface area contributed by atoms with Crippen LogP contribution in [-0.2, 0) is 16.1 Å². The van der Waals surface area contributed by atoms with Gasteiger partial charge < -0.3 is 10.1 Å². The fraction of sp³-hybridized carbons (Fsp3) is 0.538. The van der Waals surface area contributed by atoms with E-state index in [9.17, 15) is 4.79 Å². The first kappa shape index (κ1) is 12.8. The Bertz CT molecular complexity index is 405. The quantitative estimate of drug-likeness (QED) is 0.814. The number of carbonyl (C=O) groups excluding carboxylic acids is 1. The highest BCUT2D eigenvalue weighted by molar-refractivity contribution is 5.75. The second kappa shape index (κ2) is 5.82. The number of likely N-dealkylation sites (tertiary alicyclic amines) is 1. The van der Waals surface area contributed by atoms with E-state index in [1.165, 1.54) is 7.11 Å². The Kier molecular flexibility index (Phi) is 4.15. The van der Waals surface area contributed by atoms with Crippen LogP contribution in [0.5, 0.6) is 0 Å². The van der Waals surface area contributed by atoms with Gasteiger partial charge in [0.05, 0.1) is 7.11 Å². The molecule has 1 fully saturated rings. The standard InChI is InChI=1S/C13H19N3O2/c1-14-12-6-5-10(8-15-12)9-16-7-3-4-11(16)13(17)18-2/h5-6,8,11H,3-4,7,9H2,1-2H3,(H,14,15). The lowest BCUT2D eigenvalue weighted by Gasteiger charge is -2.22. The number of anilines is 1. The fourth-order valence-corrected chi connectivity index (χ4v) is 2.32. The topological polar surface area (TPSA) is 54.5 Å². The zero-order valence-electron chi connectivity index (χ0n) is 10.8. The van der Waals surface area contributed by atoms with Gasteiger partial charge >= 0.3 is 5.97 Å². The van der Waals surface area contributed by atoms with Gasteiger partial charge in [-0.15, -0.1) is 0 Å². The third-order valence-electron chi connectivity index (χ3n) is 3.30. The summed E-state index contributed by atoms with van der Waals surface area (Å²) in [6, 6.07) is 3.88. The van der Waals surface area contributed by atoms with Crippen molar-refractivity contribution in [2.24, 2.45) is 0 Å². The van der Waals surface area contributed by atoms with Crippen LogP contribution in [0, 0.1) is 0 Å². The number of methoxy groups -OCH3 is 1. The van der Waals surface area contributed by atoms with E-state index in [1.807, 2.05) is 25.4 Å². The summed E-state index contributed by atoms with van der Waals surface area (Å²) in [4.78, 5) is 18.1. The number of ether oxygens (including phenoxy) is 1. The Morgan fingerprint density at radius 2 is 2.44 bits per heavy atom. The second-order valence-corrected chi connectivity index (χ2v) is 4.45. The minimum absolute atomic E-state index is 0.0982.